The Hall–Kier alpha value is -3.27. The minimum Gasteiger partial charge on any atom is -0.497 e. The molecule has 1 aliphatic carbocycles. The van der Waals surface area contributed by atoms with Crippen molar-refractivity contribution in [1.29, 1.82) is 0 Å². The second-order valence-corrected chi connectivity index (χ2v) is 8.46. The molecule has 0 unspecified atom stereocenters. The van der Waals surface area contributed by atoms with Gasteiger partial charge in [0.2, 0.25) is 11.6 Å². The molecule has 0 spiro atoms. The van der Waals surface area contributed by atoms with Gasteiger partial charge in [-0.1, -0.05) is 54.6 Å². The highest BCUT2D eigenvalue weighted by atomic mass is 16.5. The number of benzene rings is 3. The Bertz CT molecular complexity index is 1110. The first-order chi connectivity index (χ1) is 15.1. The van der Waals surface area contributed by atoms with Gasteiger partial charge < -0.3 is 14.8 Å². The van der Waals surface area contributed by atoms with Crippen LogP contribution in [0.2, 0.25) is 0 Å². The highest BCUT2D eigenvalue weighted by molar-refractivity contribution is 5.74. The summed E-state index contributed by atoms with van der Waals surface area (Å²) in [4.78, 5) is 12.5. The highest BCUT2D eigenvalue weighted by Gasteiger charge is 2.53. The van der Waals surface area contributed by atoms with E-state index < -0.39 is 5.72 Å². The normalized spacial score (nSPS) is 23.9. The van der Waals surface area contributed by atoms with Gasteiger partial charge in [-0.05, 0) is 48.6 Å². The molecular formula is C27H27NO3. The van der Waals surface area contributed by atoms with Crippen LogP contribution in [-0.4, -0.2) is 13.0 Å². The molecular weight excluding hydrogens is 386 g/mol. The average molecular weight is 414 g/mol. The lowest BCUT2D eigenvalue weighted by atomic mass is 9.69. The lowest BCUT2D eigenvalue weighted by molar-refractivity contribution is -0.131. The molecule has 0 fully saturated rings. The molecule has 1 aliphatic heterocycles. The SMILES string of the molecule is COc1ccc([C@@H]2c3ccccc3O[C@@]3(NC(C)=O)c4ccccc4CCC[C@@H]23)cc1. The van der Waals surface area contributed by atoms with Gasteiger partial charge in [0.05, 0.1) is 7.11 Å². The Kier molecular flexibility index (Phi) is 4.93. The molecule has 31 heavy (non-hydrogen) atoms. The Labute approximate surface area is 183 Å². The summed E-state index contributed by atoms with van der Waals surface area (Å²) in [6.45, 7) is 1.57. The van der Waals surface area contributed by atoms with Crippen molar-refractivity contribution in [2.24, 2.45) is 5.92 Å². The second kappa shape index (κ2) is 7.77. The molecule has 5 rings (SSSR count). The number of aryl methyl sites for hydroxylation is 1. The zero-order chi connectivity index (χ0) is 21.4. The number of methoxy groups -OCH3 is 1. The van der Waals surface area contributed by atoms with Crippen LogP contribution in [0, 0.1) is 5.92 Å². The van der Waals surface area contributed by atoms with Gasteiger partial charge in [0.15, 0.2) is 0 Å². The third kappa shape index (κ3) is 3.27. The van der Waals surface area contributed by atoms with E-state index in [-0.39, 0.29) is 17.7 Å². The predicted octanol–water partition coefficient (Wildman–Crippen LogP) is 5.16. The zero-order valence-electron chi connectivity index (χ0n) is 17.9. The molecule has 0 saturated heterocycles. The van der Waals surface area contributed by atoms with Gasteiger partial charge in [0.1, 0.15) is 11.5 Å². The van der Waals surface area contributed by atoms with Gasteiger partial charge in [0, 0.05) is 29.9 Å². The molecule has 2 aliphatic rings. The molecule has 3 aromatic carbocycles. The first kappa shape index (κ1) is 19.7. The maximum atomic E-state index is 12.5. The zero-order valence-corrected chi connectivity index (χ0v) is 17.9. The highest BCUT2D eigenvalue weighted by Crippen LogP contribution is 2.54. The monoisotopic (exact) mass is 413 g/mol. The molecule has 1 amide bonds. The number of carbonyl (C=O) groups excluding carboxylic acids is 1. The molecule has 0 aromatic heterocycles. The van der Waals surface area contributed by atoms with Gasteiger partial charge in [-0.2, -0.15) is 0 Å². The van der Waals surface area contributed by atoms with Crippen LogP contribution in [0.4, 0.5) is 0 Å². The fourth-order valence-corrected chi connectivity index (χ4v) is 5.44. The van der Waals surface area contributed by atoms with Crippen molar-refractivity contribution < 1.29 is 14.3 Å². The van der Waals surface area contributed by atoms with Crippen LogP contribution in [0.1, 0.15) is 47.9 Å². The molecule has 0 saturated carbocycles. The van der Waals surface area contributed by atoms with Crippen LogP contribution in [-0.2, 0) is 16.9 Å². The van der Waals surface area contributed by atoms with Crippen molar-refractivity contribution in [3.8, 4) is 11.5 Å². The van der Waals surface area contributed by atoms with Gasteiger partial charge in [-0.25, -0.2) is 0 Å². The van der Waals surface area contributed by atoms with E-state index in [2.05, 4.69) is 47.8 Å². The molecule has 3 atom stereocenters. The number of para-hydroxylation sites is 1. The molecule has 0 radical (unpaired) electrons. The standard InChI is InChI=1S/C27H27NO3/c1-18(29)28-27-23-11-5-3-8-19(23)9-7-12-24(27)26(20-14-16-21(30-2)17-15-20)22-10-4-6-13-25(22)31-27/h3-6,8,10-11,13-17,24,26H,7,9,12H2,1-2H3,(H,28,29)/t24-,26+,27-/m0/s1. The average Bonchev–Trinajstić information content (AvgIpc) is 2.94. The summed E-state index contributed by atoms with van der Waals surface area (Å²) >= 11 is 0. The van der Waals surface area contributed by atoms with Crippen molar-refractivity contribution in [3.05, 3.63) is 95.1 Å². The maximum Gasteiger partial charge on any atom is 0.220 e. The van der Waals surface area contributed by atoms with E-state index in [9.17, 15) is 4.79 Å². The fraction of sp³-hybridized carbons (Fsp3) is 0.296. The van der Waals surface area contributed by atoms with Crippen LogP contribution in [0.3, 0.4) is 0 Å². The van der Waals surface area contributed by atoms with Crippen molar-refractivity contribution >= 4 is 5.91 Å². The van der Waals surface area contributed by atoms with E-state index >= 15 is 0 Å². The minimum atomic E-state index is -0.905. The topological polar surface area (TPSA) is 47.6 Å². The summed E-state index contributed by atoms with van der Waals surface area (Å²) in [5.41, 5.74) is 3.78. The van der Waals surface area contributed by atoms with Gasteiger partial charge in [0.25, 0.3) is 0 Å². The van der Waals surface area contributed by atoms with E-state index in [1.54, 1.807) is 14.0 Å². The molecule has 0 bridgehead atoms. The van der Waals surface area contributed by atoms with Crippen LogP contribution in [0.25, 0.3) is 0 Å². The van der Waals surface area contributed by atoms with E-state index in [1.807, 2.05) is 30.3 Å². The predicted molar refractivity (Wildman–Crippen MR) is 120 cm³/mol. The summed E-state index contributed by atoms with van der Waals surface area (Å²) in [6.07, 6.45) is 2.96. The molecule has 1 heterocycles. The van der Waals surface area contributed by atoms with Crippen LogP contribution in [0.15, 0.2) is 72.8 Å². The number of fused-ring (bicyclic) bond motifs is 4. The number of rotatable bonds is 3. The lowest BCUT2D eigenvalue weighted by Gasteiger charge is -2.49. The first-order valence-corrected chi connectivity index (χ1v) is 10.9. The smallest absolute Gasteiger partial charge is 0.220 e. The quantitative estimate of drug-likeness (QED) is 0.645. The summed E-state index contributed by atoms with van der Waals surface area (Å²) in [7, 11) is 1.68. The molecule has 4 heteroatoms. The largest absolute Gasteiger partial charge is 0.497 e. The van der Waals surface area contributed by atoms with Crippen molar-refractivity contribution in [2.45, 2.75) is 37.8 Å². The van der Waals surface area contributed by atoms with E-state index in [0.29, 0.717) is 0 Å². The summed E-state index contributed by atoms with van der Waals surface area (Å²) in [5, 5.41) is 3.27. The van der Waals surface area contributed by atoms with Crippen LogP contribution >= 0.6 is 0 Å². The summed E-state index contributed by atoms with van der Waals surface area (Å²) in [6, 6.07) is 24.9. The van der Waals surface area contributed by atoms with Gasteiger partial charge in [-0.3, -0.25) is 4.79 Å². The number of hydrogen-bond acceptors (Lipinski definition) is 3. The van der Waals surface area contributed by atoms with Crippen molar-refractivity contribution in [1.82, 2.24) is 5.32 Å². The Balaban J connectivity index is 1.76. The molecule has 1 N–H and O–H groups in total. The van der Waals surface area contributed by atoms with E-state index in [1.165, 1.54) is 11.1 Å². The molecule has 4 nitrogen and oxygen atoms in total. The molecule has 158 valence electrons. The van der Waals surface area contributed by atoms with Crippen molar-refractivity contribution in [3.63, 3.8) is 0 Å². The van der Waals surface area contributed by atoms with Crippen LogP contribution in [0.5, 0.6) is 11.5 Å². The van der Waals surface area contributed by atoms with Gasteiger partial charge >= 0.3 is 0 Å². The third-order valence-corrected chi connectivity index (χ3v) is 6.66. The van der Waals surface area contributed by atoms with Gasteiger partial charge in [-0.15, -0.1) is 0 Å². The fourth-order valence-electron chi connectivity index (χ4n) is 5.44. The second-order valence-electron chi connectivity index (χ2n) is 8.46. The van der Waals surface area contributed by atoms with E-state index in [0.717, 1.165) is 41.9 Å². The molecule has 3 aromatic rings. The van der Waals surface area contributed by atoms with E-state index in [4.69, 9.17) is 9.47 Å². The number of carbonyl (C=O) groups is 1. The Morgan fingerprint density at radius 2 is 1.77 bits per heavy atom. The van der Waals surface area contributed by atoms with Crippen molar-refractivity contribution in [2.75, 3.05) is 7.11 Å². The first-order valence-electron chi connectivity index (χ1n) is 10.9. The number of amides is 1. The van der Waals surface area contributed by atoms with Crippen LogP contribution < -0.4 is 14.8 Å². The Morgan fingerprint density at radius 3 is 2.55 bits per heavy atom. The Morgan fingerprint density at radius 1 is 1.03 bits per heavy atom. The maximum absolute atomic E-state index is 12.5. The number of hydrogen-bond donors (Lipinski definition) is 1. The summed E-state index contributed by atoms with van der Waals surface area (Å²) < 4.78 is 12.2. The third-order valence-electron chi connectivity index (χ3n) is 6.66. The minimum absolute atomic E-state index is 0.0587. The number of nitrogens with one attached hydrogen (secondary N) is 1. The summed E-state index contributed by atoms with van der Waals surface area (Å²) in [5.74, 6) is 1.72. The lowest BCUT2D eigenvalue weighted by Crippen LogP contribution is -2.58. The number of ether oxygens (including phenoxy) is 2.